The Morgan fingerprint density at radius 3 is 2.00 bits per heavy atom. The molecule has 2 aromatic rings. The first kappa shape index (κ1) is 28.7. The van der Waals surface area contributed by atoms with Crippen molar-refractivity contribution < 1.29 is 23.8 Å². The molecule has 1 fully saturated rings. The highest BCUT2D eigenvalue weighted by Gasteiger charge is 2.37. The number of hydrogen-bond acceptors (Lipinski definition) is 5. The van der Waals surface area contributed by atoms with E-state index in [1.165, 1.54) is 44.9 Å². The van der Waals surface area contributed by atoms with Crippen LogP contribution in [-0.2, 0) is 14.3 Å². The van der Waals surface area contributed by atoms with Gasteiger partial charge in [0.05, 0.1) is 12.2 Å². The van der Waals surface area contributed by atoms with Crippen LogP contribution in [0.3, 0.4) is 0 Å². The number of ether oxygens (including phenoxy) is 3. The zero-order valence-electron chi connectivity index (χ0n) is 22.7. The van der Waals surface area contributed by atoms with Gasteiger partial charge in [0, 0.05) is 6.42 Å². The largest absolute Gasteiger partial charge is 0.494 e. The molecule has 202 valence electrons. The lowest BCUT2D eigenvalue weighted by atomic mass is 10.0. The van der Waals surface area contributed by atoms with E-state index in [2.05, 4.69) is 13.8 Å². The summed E-state index contributed by atoms with van der Waals surface area (Å²) >= 11 is 0. The van der Waals surface area contributed by atoms with Crippen LogP contribution >= 0.6 is 0 Å². The molecular formula is C32H44O5. The van der Waals surface area contributed by atoms with Crippen molar-refractivity contribution in [3.8, 4) is 16.9 Å². The maximum absolute atomic E-state index is 12.6. The second kappa shape index (κ2) is 16.1. The summed E-state index contributed by atoms with van der Waals surface area (Å²) in [6.45, 7) is 5.14. The molecule has 1 aliphatic rings. The number of esters is 2. The van der Waals surface area contributed by atoms with E-state index in [0.29, 0.717) is 12.0 Å². The minimum Gasteiger partial charge on any atom is -0.494 e. The zero-order chi connectivity index (χ0) is 26.3. The van der Waals surface area contributed by atoms with Gasteiger partial charge in [0.15, 0.2) is 0 Å². The first-order valence-corrected chi connectivity index (χ1v) is 14.4. The van der Waals surface area contributed by atoms with Crippen molar-refractivity contribution in [2.75, 3.05) is 6.61 Å². The van der Waals surface area contributed by atoms with Crippen molar-refractivity contribution in [2.24, 2.45) is 0 Å². The van der Waals surface area contributed by atoms with Crippen LogP contribution in [-0.4, -0.2) is 30.8 Å². The Morgan fingerprint density at radius 1 is 0.784 bits per heavy atom. The van der Waals surface area contributed by atoms with Gasteiger partial charge < -0.3 is 14.2 Å². The fourth-order valence-electron chi connectivity index (χ4n) is 4.68. The standard InChI is InChI=1S/C32H44O5/c1-3-5-7-8-9-10-11-13-23-35-28-21-19-26(20-22-28)25-15-17-27(18-16-25)31(33)37-30-24-29(36-32(30)34)14-12-6-4-2/h15-22,29-30H,3-14,23-24H2,1-2H3/t29-,30+/m1/s1. The fourth-order valence-corrected chi connectivity index (χ4v) is 4.68. The molecule has 0 saturated carbocycles. The van der Waals surface area contributed by atoms with Gasteiger partial charge in [-0.05, 0) is 54.7 Å². The molecule has 1 aliphatic heterocycles. The average Bonchev–Trinajstić information content (AvgIpc) is 3.26. The van der Waals surface area contributed by atoms with Crippen molar-refractivity contribution in [3.63, 3.8) is 0 Å². The summed E-state index contributed by atoms with van der Waals surface area (Å²) in [5.41, 5.74) is 2.48. The lowest BCUT2D eigenvalue weighted by molar-refractivity contribution is -0.147. The van der Waals surface area contributed by atoms with E-state index >= 15 is 0 Å². The van der Waals surface area contributed by atoms with Crippen molar-refractivity contribution in [1.29, 1.82) is 0 Å². The van der Waals surface area contributed by atoms with Gasteiger partial charge in [-0.25, -0.2) is 9.59 Å². The highest BCUT2D eigenvalue weighted by molar-refractivity contribution is 5.92. The van der Waals surface area contributed by atoms with Crippen molar-refractivity contribution in [3.05, 3.63) is 54.1 Å². The normalized spacial score (nSPS) is 17.0. The number of carbonyl (C=O) groups is 2. The topological polar surface area (TPSA) is 61.8 Å². The number of unbranched alkanes of at least 4 members (excludes halogenated alkanes) is 9. The highest BCUT2D eigenvalue weighted by Crippen LogP contribution is 2.26. The van der Waals surface area contributed by atoms with Crippen LogP contribution in [0, 0.1) is 0 Å². The molecule has 2 atom stereocenters. The Labute approximate surface area is 222 Å². The van der Waals surface area contributed by atoms with Crippen LogP contribution in [0.5, 0.6) is 5.75 Å². The minimum atomic E-state index is -0.808. The van der Waals surface area contributed by atoms with Crippen LogP contribution in [0.2, 0.25) is 0 Å². The van der Waals surface area contributed by atoms with Gasteiger partial charge in [-0.15, -0.1) is 0 Å². The Hall–Kier alpha value is -2.82. The van der Waals surface area contributed by atoms with Gasteiger partial charge in [0.1, 0.15) is 11.9 Å². The van der Waals surface area contributed by atoms with E-state index in [9.17, 15) is 9.59 Å². The second-order valence-corrected chi connectivity index (χ2v) is 10.1. The minimum absolute atomic E-state index is 0.147. The average molecular weight is 509 g/mol. The number of hydrogen-bond donors (Lipinski definition) is 0. The van der Waals surface area contributed by atoms with Gasteiger partial charge in [-0.1, -0.05) is 95.9 Å². The molecule has 0 radical (unpaired) electrons. The molecule has 0 spiro atoms. The lowest BCUT2D eigenvalue weighted by Crippen LogP contribution is -2.22. The third-order valence-corrected chi connectivity index (χ3v) is 6.98. The molecule has 0 bridgehead atoms. The van der Waals surface area contributed by atoms with Crippen LogP contribution in [0.15, 0.2) is 48.5 Å². The fraction of sp³-hybridized carbons (Fsp3) is 0.562. The molecule has 0 aromatic heterocycles. The van der Waals surface area contributed by atoms with Gasteiger partial charge in [-0.3, -0.25) is 0 Å². The Morgan fingerprint density at radius 2 is 1.35 bits per heavy atom. The Balaban J connectivity index is 1.39. The summed E-state index contributed by atoms with van der Waals surface area (Å²) in [5.74, 6) is -0.0491. The number of cyclic esters (lactones) is 1. The number of benzene rings is 2. The van der Waals surface area contributed by atoms with Gasteiger partial charge in [0.25, 0.3) is 0 Å². The molecule has 5 heteroatoms. The quantitative estimate of drug-likeness (QED) is 0.159. The van der Waals surface area contributed by atoms with E-state index in [1.54, 1.807) is 12.1 Å². The number of carbonyl (C=O) groups excluding carboxylic acids is 2. The van der Waals surface area contributed by atoms with E-state index < -0.39 is 18.0 Å². The summed E-state index contributed by atoms with van der Waals surface area (Å²) < 4.78 is 16.7. The van der Waals surface area contributed by atoms with Gasteiger partial charge in [0.2, 0.25) is 6.10 Å². The molecule has 0 amide bonds. The van der Waals surface area contributed by atoms with Crippen molar-refractivity contribution in [2.45, 2.75) is 110 Å². The Kier molecular flexibility index (Phi) is 12.5. The Bertz CT molecular complexity index is 935. The third-order valence-electron chi connectivity index (χ3n) is 6.98. The highest BCUT2D eigenvalue weighted by atomic mass is 16.6. The van der Waals surface area contributed by atoms with Crippen LogP contribution in [0.1, 0.15) is 108 Å². The van der Waals surface area contributed by atoms with E-state index in [1.807, 2.05) is 36.4 Å². The number of rotatable bonds is 17. The van der Waals surface area contributed by atoms with Gasteiger partial charge in [-0.2, -0.15) is 0 Å². The van der Waals surface area contributed by atoms with E-state index in [4.69, 9.17) is 14.2 Å². The van der Waals surface area contributed by atoms with Crippen LogP contribution in [0.4, 0.5) is 0 Å². The molecule has 5 nitrogen and oxygen atoms in total. The molecule has 1 heterocycles. The predicted octanol–water partition coefficient (Wildman–Crippen LogP) is 8.29. The molecule has 3 rings (SSSR count). The summed E-state index contributed by atoms with van der Waals surface area (Å²) in [4.78, 5) is 24.7. The van der Waals surface area contributed by atoms with E-state index in [-0.39, 0.29) is 6.10 Å². The van der Waals surface area contributed by atoms with Crippen molar-refractivity contribution in [1.82, 2.24) is 0 Å². The summed E-state index contributed by atoms with van der Waals surface area (Å²) in [7, 11) is 0. The zero-order valence-corrected chi connectivity index (χ0v) is 22.7. The maximum atomic E-state index is 12.6. The second-order valence-electron chi connectivity index (χ2n) is 10.1. The molecular weight excluding hydrogens is 464 g/mol. The summed E-state index contributed by atoms with van der Waals surface area (Å²) in [6.07, 6.45) is 13.9. The lowest BCUT2D eigenvalue weighted by Gasteiger charge is -2.10. The predicted molar refractivity (Wildman–Crippen MR) is 148 cm³/mol. The van der Waals surface area contributed by atoms with Crippen LogP contribution in [0.25, 0.3) is 11.1 Å². The first-order valence-electron chi connectivity index (χ1n) is 14.4. The maximum Gasteiger partial charge on any atom is 0.347 e. The monoisotopic (exact) mass is 508 g/mol. The van der Waals surface area contributed by atoms with E-state index in [0.717, 1.165) is 55.6 Å². The molecule has 0 N–H and O–H groups in total. The third kappa shape index (κ3) is 9.87. The smallest absolute Gasteiger partial charge is 0.347 e. The molecule has 0 aliphatic carbocycles. The van der Waals surface area contributed by atoms with Gasteiger partial charge >= 0.3 is 11.9 Å². The molecule has 2 aromatic carbocycles. The molecule has 0 unspecified atom stereocenters. The first-order chi connectivity index (χ1) is 18.1. The van der Waals surface area contributed by atoms with Crippen molar-refractivity contribution >= 4 is 11.9 Å². The molecule has 37 heavy (non-hydrogen) atoms. The summed E-state index contributed by atoms with van der Waals surface area (Å²) in [5, 5.41) is 0. The molecule has 1 saturated heterocycles. The SMILES string of the molecule is CCCCCCCCCCOc1ccc(-c2ccc(C(=O)O[C@H]3C[C@@H](CCCCC)OC3=O)cc2)cc1. The summed E-state index contributed by atoms with van der Waals surface area (Å²) in [6, 6.07) is 15.3. The van der Waals surface area contributed by atoms with Crippen LogP contribution < -0.4 is 4.74 Å².